The van der Waals surface area contributed by atoms with Crippen molar-refractivity contribution in [3.63, 3.8) is 0 Å². The Labute approximate surface area is 186 Å². The van der Waals surface area contributed by atoms with Crippen molar-refractivity contribution in [1.82, 2.24) is 0 Å². The van der Waals surface area contributed by atoms with E-state index in [0.29, 0.717) is 0 Å². The number of phenols is 5. The molecule has 12 nitrogen and oxygen atoms in total. The molecule has 33 heavy (non-hydrogen) atoms. The average molecular weight is 466 g/mol. The average Bonchev–Trinajstić information content (AvgIpc) is 2.77. The molecule has 0 bridgehead atoms. The number of ether oxygens (including phenoxy) is 3. The zero-order valence-corrected chi connectivity index (χ0v) is 16.9. The van der Waals surface area contributed by atoms with Crippen molar-refractivity contribution in [2.45, 2.75) is 37.1 Å². The summed E-state index contributed by atoms with van der Waals surface area (Å²) in [6.07, 6.45) is -8.09. The van der Waals surface area contributed by atoms with Gasteiger partial charge in [0.2, 0.25) is 6.29 Å². The lowest BCUT2D eigenvalue weighted by Gasteiger charge is -2.40. The molecule has 2 aromatic carbocycles. The second kappa shape index (κ2) is 8.50. The Morgan fingerprint density at radius 2 is 1.52 bits per heavy atom. The molecule has 178 valence electrons. The lowest BCUT2D eigenvalue weighted by molar-refractivity contribution is -0.291. The molecule has 0 amide bonds. The number of rotatable bonds is 4. The van der Waals surface area contributed by atoms with E-state index < -0.39 is 54.6 Å². The fourth-order valence-electron chi connectivity index (χ4n) is 3.65. The first-order valence-electron chi connectivity index (χ1n) is 9.79. The van der Waals surface area contributed by atoms with E-state index in [2.05, 4.69) is 0 Å². The van der Waals surface area contributed by atoms with Gasteiger partial charge in [0, 0.05) is 29.7 Å². The molecule has 5 atom stereocenters. The summed E-state index contributed by atoms with van der Waals surface area (Å²) >= 11 is 0. The number of phenolic OH excluding ortho intramolecular Hbond substituents is 5. The van der Waals surface area contributed by atoms with Gasteiger partial charge in [0.15, 0.2) is 23.0 Å². The Balaban J connectivity index is 1.78. The molecule has 2 aromatic rings. The van der Waals surface area contributed by atoms with E-state index in [1.54, 1.807) is 0 Å². The van der Waals surface area contributed by atoms with E-state index in [4.69, 9.17) is 14.2 Å². The normalized spacial score (nSPS) is 27.1. The molecule has 2 aliphatic rings. The van der Waals surface area contributed by atoms with Crippen LogP contribution in [0, 0.1) is 0 Å². The number of aromatic hydroxyl groups is 5. The van der Waals surface area contributed by atoms with Crippen molar-refractivity contribution in [1.29, 1.82) is 0 Å². The molecule has 4 rings (SSSR count). The van der Waals surface area contributed by atoms with Crippen LogP contribution in [-0.2, 0) is 15.9 Å². The third-order valence-electron chi connectivity index (χ3n) is 5.41. The topological polar surface area (TPSA) is 210 Å². The van der Waals surface area contributed by atoms with Crippen LogP contribution >= 0.6 is 0 Å². The molecule has 0 radical (unpaired) electrons. The van der Waals surface area contributed by atoms with Gasteiger partial charge < -0.3 is 60.2 Å². The van der Waals surface area contributed by atoms with Gasteiger partial charge in [-0.1, -0.05) is 0 Å². The molecular weight excluding hydrogens is 444 g/mol. The number of aliphatic hydroxyl groups is 4. The first kappa shape index (κ1) is 22.8. The minimum Gasteiger partial charge on any atom is -0.508 e. The second-order valence-corrected chi connectivity index (χ2v) is 7.65. The fraction of sp³-hybridized carbons (Fsp3) is 0.333. The van der Waals surface area contributed by atoms with E-state index >= 15 is 0 Å². The molecular formula is C21H22O12. The fourth-order valence-corrected chi connectivity index (χ4v) is 3.65. The van der Waals surface area contributed by atoms with Crippen LogP contribution in [-0.4, -0.2) is 83.3 Å². The smallest absolute Gasteiger partial charge is 0.228 e. The second-order valence-electron chi connectivity index (χ2n) is 7.65. The molecule has 9 N–H and O–H groups in total. The highest BCUT2D eigenvalue weighted by molar-refractivity contribution is 5.72. The minimum absolute atomic E-state index is 0.0101. The highest BCUT2D eigenvalue weighted by atomic mass is 16.7. The predicted octanol–water partition coefficient (Wildman–Crippen LogP) is -0.665. The molecule has 1 saturated heterocycles. The van der Waals surface area contributed by atoms with Gasteiger partial charge in [0.25, 0.3) is 0 Å². The first-order valence-corrected chi connectivity index (χ1v) is 9.79. The quantitative estimate of drug-likeness (QED) is 0.257. The van der Waals surface area contributed by atoms with Gasteiger partial charge in [-0.3, -0.25) is 0 Å². The summed E-state index contributed by atoms with van der Waals surface area (Å²) in [7, 11) is 0. The van der Waals surface area contributed by atoms with Crippen molar-refractivity contribution >= 4 is 5.76 Å². The van der Waals surface area contributed by atoms with Crippen molar-refractivity contribution in [2.75, 3.05) is 6.61 Å². The Morgan fingerprint density at radius 1 is 0.848 bits per heavy atom. The molecule has 0 aromatic heterocycles. The van der Waals surface area contributed by atoms with E-state index in [1.807, 2.05) is 0 Å². The van der Waals surface area contributed by atoms with Crippen LogP contribution in [0.25, 0.3) is 5.76 Å². The van der Waals surface area contributed by atoms with Crippen molar-refractivity contribution in [3.8, 4) is 34.5 Å². The van der Waals surface area contributed by atoms with Gasteiger partial charge in [-0.05, 0) is 12.1 Å². The molecule has 2 aliphatic heterocycles. The van der Waals surface area contributed by atoms with Gasteiger partial charge >= 0.3 is 0 Å². The van der Waals surface area contributed by atoms with Gasteiger partial charge in [0.05, 0.1) is 6.61 Å². The SMILES string of the molecule is OC[C@H]1OC(OC2=C(c3cc(O)c(O)c(O)c3)Oc3cc(O)cc(O)c3C2)[C@@H](O)[C@@H](O)[C@@H]1O. The number of hydrogen-bond acceptors (Lipinski definition) is 12. The minimum atomic E-state index is -1.74. The highest BCUT2D eigenvalue weighted by Crippen LogP contribution is 2.45. The van der Waals surface area contributed by atoms with E-state index in [1.165, 1.54) is 6.07 Å². The predicted molar refractivity (Wildman–Crippen MR) is 107 cm³/mol. The van der Waals surface area contributed by atoms with E-state index in [0.717, 1.165) is 18.2 Å². The Morgan fingerprint density at radius 3 is 2.15 bits per heavy atom. The number of benzene rings is 2. The van der Waals surface area contributed by atoms with Gasteiger partial charge in [-0.25, -0.2) is 0 Å². The third kappa shape index (κ3) is 4.05. The molecule has 1 unspecified atom stereocenters. The highest BCUT2D eigenvalue weighted by Gasteiger charge is 2.45. The molecule has 0 aliphatic carbocycles. The lowest BCUT2D eigenvalue weighted by Crippen LogP contribution is -2.59. The largest absolute Gasteiger partial charge is 0.508 e. The van der Waals surface area contributed by atoms with Gasteiger partial charge in [-0.15, -0.1) is 0 Å². The zero-order valence-electron chi connectivity index (χ0n) is 16.9. The van der Waals surface area contributed by atoms with Crippen LogP contribution < -0.4 is 4.74 Å². The maximum Gasteiger partial charge on any atom is 0.228 e. The standard InChI is InChI=1S/C21H22O12/c22-6-15-17(28)18(29)19(30)21(33-15)32-14-5-9-10(24)3-8(23)4-13(9)31-20(14)7-1-11(25)16(27)12(26)2-7/h1-4,15,17-19,21-30H,5-6H2/t15-,17-,18+,19+,21?/m1/s1. The summed E-state index contributed by atoms with van der Waals surface area (Å²) in [5.74, 6) is -3.00. The molecule has 0 saturated carbocycles. The molecule has 1 fully saturated rings. The summed E-state index contributed by atoms with van der Waals surface area (Å²) in [5.41, 5.74) is 0.194. The van der Waals surface area contributed by atoms with Crippen LogP contribution in [0.5, 0.6) is 34.5 Å². The van der Waals surface area contributed by atoms with Crippen LogP contribution in [0.15, 0.2) is 30.0 Å². The summed E-state index contributed by atoms with van der Waals surface area (Å²) < 4.78 is 16.8. The number of fused-ring (bicyclic) bond motifs is 1. The van der Waals surface area contributed by atoms with Crippen molar-refractivity contribution < 1.29 is 60.2 Å². The number of allylic oxidation sites excluding steroid dienone is 1. The molecule has 12 heteroatoms. The monoisotopic (exact) mass is 466 g/mol. The Bertz CT molecular complexity index is 1070. The summed E-state index contributed by atoms with van der Waals surface area (Å²) in [6.45, 7) is -0.685. The van der Waals surface area contributed by atoms with Crippen LogP contribution in [0.1, 0.15) is 11.1 Å². The summed E-state index contributed by atoms with van der Waals surface area (Å²) in [6, 6.07) is 4.38. The maximum absolute atomic E-state index is 10.3. The Kier molecular flexibility index (Phi) is 5.86. The van der Waals surface area contributed by atoms with Gasteiger partial charge in [0.1, 0.15) is 47.4 Å². The molecule has 0 spiro atoms. The summed E-state index contributed by atoms with van der Waals surface area (Å²) in [5, 5.41) is 89.2. The lowest BCUT2D eigenvalue weighted by atomic mass is 9.98. The van der Waals surface area contributed by atoms with E-state index in [-0.39, 0.29) is 46.3 Å². The van der Waals surface area contributed by atoms with E-state index in [9.17, 15) is 46.0 Å². The van der Waals surface area contributed by atoms with Crippen molar-refractivity contribution in [2.24, 2.45) is 0 Å². The van der Waals surface area contributed by atoms with Crippen LogP contribution in [0.4, 0.5) is 0 Å². The maximum atomic E-state index is 10.3. The van der Waals surface area contributed by atoms with Crippen LogP contribution in [0.2, 0.25) is 0 Å². The molecule has 2 heterocycles. The first-order chi connectivity index (χ1) is 15.6. The third-order valence-corrected chi connectivity index (χ3v) is 5.41. The van der Waals surface area contributed by atoms with Gasteiger partial charge in [-0.2, -0.15) is 0 Å². The Hall–Kier alpha value is -3.42. The van der Waals surface area contributed by atoms with Crippen molar-refractivity contribution in [3.05, 3.63) is 41.2 Å². The summed E-state index contributed by atoms with van der Waals surface area (Å²) in [4.78, 5) is 0. The van der Waals surface area contributed by atoms with Crippen LogP contribution in [0.3, 0.4) is 0 Å². The zero-order chi connectivity index (χ0) is 24.0. The number of hydrogen-bond donors (Lipinski definition) is 9. The number of aliphatic hydroxyl groups excluding tert-OH is 4.